The van der Waals surface area contributed by atoms with Gasteiger partial charge in [-0.25, -0.2) is 15.0 Å². The molecule has 0 amide bonds. The molecule has 1 N–H and O–H groups in total. The van der Waals surface area contributed by atoms with Crippen molar-refractivity contribution < 1.29 is 9.47 Å². The van der Waals surface area contributed by atoms with E-state index in [0.717, 1.165) is 44.0 Å². The highest BCUT2D eigenvalue weighted by Gasteiger charge is 2.18. The molecule has 33 heavy (non-hydrogen) atoms. The van der Waals surface area contributed by atoms with Gasteiger partial charge in [-0.3, -0.25) is 4.68 Å². The number of rotatable bonds is 6. The van der Waals surface area contributed by atoms with Crippen molar-refractivity contribution in [2.75, 3.05) is 20.5 Å². The van der Waals surface area contributed by atoms with Gasteiger partial charge in [0.05, 0.1) is 26.3 Å². The van der Waals surface area contributed by atoms with E-state index in [4.69, 9.17) is 26.2 Å². The van der Waals surface area contributed by atoms with E-state index in [1.54, 1.807) is 32.0 Å². The zero-order valence-electron chi connectivity index (χ0n) is 18.5. The largest absolute Gasteiger partial charge is 0.493 e. The molecule has 0 saturated heterocycles. The molecule has 0 saturated carbocycles. The molecule has 0 radical (unpaired) electrons. The maximum Gasteiger partial charge on any atom is 0.179 e. The minimum atomic E-state index is 0.413. The Kier molecular flexibility index (Phi) is 5.59. The fourth-order valence-electron chi connectivity index (χ4n) is 3.89. The molecule has 10 heteroatoms. The average Bonchev–Trinajstić information content (AvgIpc) is 3.41. The number of thioether (sulfide) groups is 1. The molecule has 4 heterocycles. The fourth-order valence-corrected chi connectivity index (χ4v) is 4.54. The molecule has 168 valence electrons. The van der Waals surface area contributed by atoms with E-state index in [9.17, 15) is 0 Å². The number of fused-ring (bicyclic) bond motifs is 2. The van der Waals surface area contributed by atoms with Crippen LogP contribution in [0.25, 0.3) is 33.2 Å². The van der Waals surface area contributed by atoms with Crippen LogP contribution in [0, 0.1) is 6.92 Å². The molecule has 0 aliphatic heterocycles. The summed E-state index contributed by atoms with van der Waals surface area (Å²) < 4.78 is 12.9. The third kappa shape index (κ3) is 3.87. The van der Waals surface area contributed by atoms with E-state index in [1.807, 2.05) is 48.5 Å². The molecule has 0 atom stereocenters. The number of ether oxygens (including phenoxy) is 2. The molecule has 0 aliphatic rings. The number of hydrogen-bond acceptors (Lipinski definition) is 7. The van der Waals surface area contributed by atoms with Crippen molar-refractivity contribution >= 4 is 45.4 Å². The van der Waals surface area contributed by atoms with Crippen molar-refractivity contribution in [2.45, 2.75) is 18.5 Å². The number of methoxy groups -OCH3 is 2. The Balaban J connectivity index is 1.62. The summed E-state index contributed by atoms with van der Waals surface area (Å²) in [4.78, 5) is 16.8. The molecule has 0 aliphatic carbocycles. The monoisotopic (exact) mass is 480 g/mol. The quantitative estimate of drug-likeness (QED) is 0.266. The van der Waals surface area contributed by atoms with Crippen LogP contribution in [0.15, 0.2) is 41.7 Å². The SMILES string of the molecule is COc1cc(C)c(-c2cnc(SC)c3nn(Cc4nc5nc(Cl)ccc5[nH]4)cc23)cc1OC. The first-order chi connectivity index (χ1) is 16.0. The zero-order valence-corrected chi connectivity index (χ0v) is 20.1. The summed E-state index contributed by atoms with van der Waals surface area (Å²) in [5.74, 6) is 2.11. The highest BCUT2D eigenvalue weighted by atomic mass is 35.5. The summed E-state index contributed by atoms with van der Waals surface area (Å²) in [5.41, 5.74) is 5.30. The van der Waals surface area contributed by atoms with E-state index in [2.05, 4.69) is 19.9 Å². The second-order valence-corrected chi connectivity index (χ2v) is 8.66. The predicted molar refractivity (Wildman–Crippen MR) is 131 cm³/mol. The third-order valence-corrected chi connectivity index (χ3v) is 6.35. The van der Waals surface area contributed by atoms with Gasteiger partial charge in [0.1, 0.15) is 21.5 Å². The minimum absolute atomic E-state index is 0.413. The summed E-state index contributed by atoms with van der Waals surface area (Å²) in [5, 5.41) is 7.11. The molecular weight excluding hydrogens is 460 g/mol. The van der Waals surface area contributed by atoms with Gasteiger partial charge >= 0.3 is 0 Å². The fraction of sp³-hybridized carbons (Fsp3) is 0.217. The number of aromatic nitrogens is 6. The van der Waals surface area contributed by atoms with Crippen LogP contribution < -0.4 is 9.47 Å². The lowest BCUT2D eigenvalue weighted by Gasteiger charge is -2.13. The summed E-state index contributed by atoms with van der Waals surface area (Å²) in [7, 11) is 3.27. The third-order valence-electron chi connectivity index (χ3n) is 5.45. The number of halogens is 1. The van der Waals surface area contributed by atoms with Crippen LogP contribution >= 0.6 is 23.4 Å². The molecule has 0 fully saturated rings. The molecule has 0 unspecified atom stereocenters. The number of hydrogen-bond donors (Lipinski definition) is 1. The maximum absolute atomic E-state index is 6.00. The van der Waals surface area contributed by atoms with Crippen LogP contribution in [0.2, 0.25) is 5.15 Å². The van der Waals surface area contributed by atoms with Crippen LogP contribution in [0.5, 0.6) is 11.5 Å². The maximum atomic E-state index is 6.00. The van der Waals surface area contributed by atoms with E-state index in [-0.39, 0.29) is 0 Å². The number of aryl methyl sites for hydroxylation is 1. The highest BCUT2D eigenvalue weighted by Crippen LogP contribution is 2.39. The lowest BCUT2D eigenvalue weighted by Crippen LogP contribution is -2.01. The molecular formula is C23H21ClN6O2S. The first-order valence-electron chi connectivity index (χ1n) is 10.1. The first-order valence-corrected chi connectivity index (χ1v) is 11.7. The standard InChI is InChI=1S/C23H21ClN6O2S/c1-12-7-17(31-2)18(32-3)8-13(12)14-9-25-23(33-4)21-15(14)10-30(29-21)11-20-26-16-5-6-19(24)27-22(16)28-20/h5-10H,11H2,1-4H3,(H,26,27,28). The summed E-state index contributed by atoms with van der Waals surface area (Å²) in [6, 6.07) is 7.56. The molecule has 5 rings (SSSR count). The van der Waals surface area contributed by atoms with E-state index in [0.29, 0.717) is 28.8 Å². The Hall–Kier alpha value is -3.30. The van der Waals surface area contributed by atoms with Crippen molar-refractivity contribution in [3.8, 4) is 22.6 Å². The Morgan fingerprint density at radius 2 is 1.88 bits per heavy atom. The topological polar surface area (TPSA) is 90.7 Å². The van der Waals surface area contributed by atoms with Crippen molar-refractivity contribution in [3.05, 3.63) is 53.2 Å². The van der Waals surface area contributed by atoms with E-state index in [1.165, 1.54) is 0 Å². The summed E-state index contributed by atoms with van der Waals surface area (Å²) in [6.45, 7) is 2.50. The second kappa shape index (κ2) is 8.57. The number of imidazole rings is 1. The number of pyridine rings is 2. The summed E-state index contributed by atoms with van der Waals surface area (Å²) in [6.07, 6.45) is 5.91. The van der Waals surface area contributed by atoms with Gasteiger partial charge in [-0.2, -0.15) is 5.10 Å². The van der Waals surface area contributed by atoms with Crippen molar-refractivity contribution in [1.29, 1.82) is 0 Å². The number of H-pyrrole nitrogens is 1. The van der Waals surface area contributed by atoms with Gasteiger partial charge in [-0.1, -0.05) is 11.6 Å². The lowest BCUT2D eigenvalue weighted by molar-refractivity contribution is 0.355. The van der Waals surface area contributed by atoms with Gasteiger partial charge in [-0.05, 0) is 48.6 Å². The van der Waals surface area contributed by atoms with Gasteiger partial charge in [0, 0.05) is 23.3 Å². The number of nitrogens with one attached hydrogen (secondary N) is 1. The normalized spacial score (nSPS) is 11.4. The Morgan fingerprint density at radius 3 is 2.64 bits per heavy atom. The van der Waals surface area contributed by atoms with Gasteiger partial charge < -0.3 is 14.5 Å². The van der Waals surface area contributed by atoms with E-state index < -0.39 is 0 Å². The van der Waals surface area contributed by atoms with Crippen LogP contribution in [-0.2, 0) is 6.54 Å². The molecule has 1 aromatic carbocycles. The minimum Gasteiger partial charge on any atom is -0.493 e. The van der Waals surface area contributed by atoms with Gasteiger partial charge in [0.15, 0.2) is 17.1 Å². The lowest BCUT2D eigenvalue weighted by atomic mass is 9.99. The number of aromatic amines is 1. The van der Waals surface area contributed by atoms with Crippen LogP contribution in [0.4, 0.5) is 0 Å². The Labute approximate surface area is 199 Å². The molecule has 5 aromatic rings. The van der Waals surface area contributed by atoms with Crippen LogP contribution in [-0.4, -0.2) is 50.2 Å². The second-order valence-electron chi connectivity index (χ2n) is 7.48. The highest BCUT2D eigenvalue weighted by molar-refractivity contribution is 7.98. The Bertz CT molecular complexity index is 1500. The predicted octanol–water partition coefficient (Wildman–Crippen LogP) is 5.12. The smallest absolute Gasteiger partial charge is 0.179 e. The molecule has 8 nitrogen and oxygen atoms in total. The zero-order chi connectivity index (χ0) is 23.1. The van der Waals surface area contributed by atoms with Gasteiger partial charge in [-0.15, -0.1) is 11.8 Å². The molecule has 4 aromatic heterocycles. The van der Waals surface area contributed by atoms with Crippen LogP contribution in [0.1, 0.15) is 11.4 Å². The van der Waals surface area contributed by atoms with Crippen molar-refractivity contribution in [3.63, 3.8) is 0 Å². The first kappa shape index (κ1) is 21.5. The number of nitrogens with zero attached hydrogens (tertiary/aromatic N) is 5. The number of benzene rings is 1. The molecule has 0 spiro atoms. The molecule has 0 bridgehead atoms. The van der Waals surface area contributed by atoms with Gasteiger partial charge in [0.2, 0.25) is 0 Å². The average molecular weight is 481 g/mol. The van der Waals surface area contributed by atoms with E-state index >= 15 is 0 Å². The summed E-state index contributed by atoms with van der Waals surface area (Å²) >= 11 is 7.56. The van der Waals surface area contributed by atoms with Crippen molar-refractivity contribution in [1.82, 2.24) is 29.7 Å². The van der Waals surface area contributed by atoms with Crippen LogP contribution in [0.3, 0.4) is 0 Å². The van der Waals surface area contributed by atoms with Crippen molar-refractivity contribution in [2.24, 2.45) is 0 Å². The van der Waals surface area contributed by atoms with Gasteiger partial charge in [0.25, 0.3) is 0 Å². The Morgan fingerprint density at radius 1 is 1.09 bits per heavy atom.